The van der Waals surface area contributed by atoms with Gasteiger partial charge in [0.1, 0.15) is 6.61 Å². The van der Waals surface area contributed by atoms with Gasteiger partial charge in [0.15, 0.2) is 5.75 Å². The first-order valence-corrected chi connectivity index (χ1v) is 6.81. The highest BCUT2D eigenvalue weighted by atomic mass is 35.5. The number of ether oxygens (including phenoxy) is 1. The fourth-order valence-electron chi connectivity index (χ4n) is 1.76. The third-order valence-electron chi connectivity index (χ3n) is 2.85. The molecule has 2 rings (SSSR count). The lowest BCUT2D eigenvalue weighted by Gasteiger charge is -2.09. The topological polar surface area (TPSA) is 78.4 Å². The minimum absolute atomic E-state index is 0.0776. The Kier molecular flexibility index (Phi) is 5.01. The van der Waals surface area contributed by atoms with Crippen LogP contribution in [0.4, 0.5) is 5.69 Å². The van der Waals surface area contributed by atoms with Crippen LogP contribution in [0.5, 0.6) is 5.75 Å². The van der Waals surface area contributed by atoms with Crippen LogP contribution >= 0.6 is 23.2 Å². The molecule has 110 valence electrons. The molecule has 7 heteroatoms. The highest BCUT2D eigenvalue weighted by Gasteiger charge is 2.16. The number of halogens is 2. The van der Waals surface area contributed by atoms with Crippen LogP contribution in [-0.2, 0) is 13.2 Å². The quantitative estimate of drug-likeness (QED) is 0.666. The second-order valence-corrected chi connectivity index (χ2v) is 5.13. The maximum Gasteiger partial charge on any atom is 0.310 e. The lowest BCUT2D eigenvalue weighted by Crippen LogP contribution is -2.02. The predicted molar refractivity (Wildman–Crippen MR) is 81.8 cm³/mol. The molecule has 0 saturated heterocycles. The minimum atomic E-state index is -0.505. The molecule has 0 aliphatic heterocycles. The van der Waals surface area contributed by atoms with Gasteiger partial charge in [0, 0.05) is 28.2 Å². The molecule has 0 bridgehead atoms. The summed E-state index contributed by atoms with van der Waals surface area (Å²) in [7, 11) is 0. The summed E-state index contributed by atoms with van der Waals surface area (Å²) in [5.41, 5.74) is 6.81. The molecule has 0 unspecified atom stereocenters. The molecule has 0 aliphatic carbocycles. The summed E-state index contributed by atoms with van der Waals surface area (Å²) in [5, 5.41) is 12.0. The van der Waals surface area contributed by atoms with Crippen molar-refractivity contribution in [2.24, 2.45) is 5.73 Å². The molecule has 21 heavy (non-hydrogen) atoms. The van der Waals surface area contributed by atoms with E-state index < -0.39 is 4.92 Å². The summed E-state index contributed by atoms with van der Waals surface area (Å²) < 4.78 is 5.52. The predicted octanol–water partition coefficient (Wildman–Crippen LogP) is 3.94. The van der Waals surface area contributed by atoms with E-state index in [9.17, 15) is 10.1 Å². The molecule has 0 radical (unpaired) electrons. The van der Waals surface area contributed by atoms with Gasteiger partial charge in [-0.05, 0) is 29.8 Å². The van der Waals surface area contributed by atoms with Crippen LogP contribution in [0.15, 0.2) is 36.4 Å². The molecule has 0 fully saturated rings. The first-order chi connectivity index (χ1) is 10.0. The second kappa shape index (κ2) is 6.76. The van der Waals surface area contributed by atoms with E-state index in [0.717, 1.165) is 5.56 Å². The van der Waals surface area contributed by atoms with E-state index in [1.165, 1.54) is 6.07 Å². The van der Waals surface area contributed by atoms with Gasteiger partial charge in [-0.25, -0.2) is 0 Å². The lowest BCUT2D eigenvalue weighted by molar-refractivity contribution is -0.386. The van der Waals surface area contributed by atoms with Gasteiger partial charge in [0.2, 0.25) is 0 Å². The summed E-state index contributed by atoms with van der Waals surface area (Å²) in [4.78, 5) is 10.5. The molecule has 0 atom stereocenters. The van der Waals surface area contributed by atoms with E-state index in [1.54, 1.807) is 30.3 Å². The first-order valence-electron chi connectivity index (χ1n) is 6.05. The Hall–Kier alpha value is -1.82. The van der Waals surface area contributed by atoms with Crippen LogP contribution in [0.1, 0.15) is 11.1 Å². The molecule has 2 aromatic carbocycles. The van der Waals surface area contributed by atoms with Crippen molar-refractivity contribution in [3.8, 4) is 5.75 Å². The molecule has 0 amide bonds. The third-order valence-corrected chi connectivity index (χ3v) is 3.45. The number of nitrogens with two attached hydrogens (primary N) is 1. The molecular weight excluding hydrogens is 315 g/mol. The van der Waals surface area contributed by atoms with Gasteiger partial charge in [-0.3, -0.25) is 10.1 Å². The van der Waals surface area contributed by atoms with Crippen LogP contribution in [0, 0.1) is 10.1 Å². The number of nitro groups is 1. The molecule has 2 N–H and O–H groups in total. The Labute approximate surface area is 131 Å². The van der Waals surface area contributed by atoms with Crippen LogP contribution < -0.4 is 10.5 Å². The van der Waals surface area contributed by atoms with Crippen LogP contribution in [0.25, 0.3) is 0 Å². The lowest BCUT2D eigenvalue weighted by atomic mass is 10.2. The summed E-state index contributed by atoms with van der Waals surface area (Å²) in [5.74, 6) is 0.152. The number of benzene rings is 2. The van der Waals surface area contributed by atoms with E-state index in [0.29, 0.717) is 15.6 Å². The molecule has 0 saturated carbocycles. The molecular formula is C14H12Cl2N2O3. The highest BCUT2D eigenvalue weighted by Crippen LogP contribution is 2.30. The van der Waals surface area contributed by atoms with Crippen molar-refractivity contribution >= 4 is 28.9 Å². The Morgan fingerprint density at radius 2 is 1.95 bits per heavy atom. The number of hydrogen-bond acceptors (Lipinski definition) is 4. The SMILES string of the molecule is NCc1ccc([N+](=O)[O-])c(OCc2cc(Cl)ccc2Cl)c1. The van der Waals surface area contributed by atoms with Crippen molar-refractivity contribution in [2.45, 2.75) is 13.2 Å². The largest absolute Gasteiger partial charge is 0.482 e. The van der Waals surface area contributed by atoms with Crippen molar-refractivity contribution in [2.75, 3.05) is 0 Å². The Balaban J connectivity index is 2.26. The normalized spacial score (nSPS) is 10.4. The maximum absolute atomic E-state index is 11.0. The van der Waals surface area contributed by atoms with Crippen molar-refractivity contribution in [3.63, 3.8) is 0 Å². The summed E-state index contributed by atoms with van der Waals surface area (Å²) in [6.07, 6.45) is 0. The maximum atomic E-state index is 11.0. The highest BCUT2D eigenvalue weighted by molar-refractivity contribution is 6.33. The Morgan fingerprint density at radius 3 is 2.62 bits per heavy atom. The third kappa shape index (κ3) is 3.85. The smallest absolute Gasteiger partial charge is 0.310 e. The molecule has 0 spiro atoms. The summed E-state index contributed by atoms with van der Waals surface area (Å²) in [6.45, 7) is 0.348. The van der Waals surface area contributed by atoms with E-state index in [1.807, 2.05) is 0 Å². The number of rotatable bonds is 5. The van der Waals surface area contributed by atoms with Crippen molar-refractivity contribution in [1.82, 2.24) is 0 Å². The fraction of sp³-hybridized carbons (Fsp3) is 0.143. The zero-order chi connectivity index (χ0) is 15.4. The summed E-state index contributed by atoms with van der Waals surface area (Å²) >= 11 is 11.9. The Morgan fingerprint density at radius 1 is 1.19 bits per heavy atom. The van der Waals surface area contributed by atoms with E-state index in [-0.39, 0.29) is 24.6 Å². The zero-order valence-electron chi connectivity index (χ0n) is 10.9. The van der Waals surface area contributed by atoms with E-state index in [2.05, 4.69) is 0 Å². The van der Waals surface area contributed by atoms with Gasteiger partial charge < -0.3 is 10.5 Å². The van der Waals surface area contributed by atoms with Gasteiger partial charge >= 0.3 is 5.69 Å². The van der Waals surface area contributed by atoms with Gasteiger partial charge in [-0.1, -0.05) is 29.3 Å². The standard InChI is InChI=1S/C14H12Cl2N2O3/c15-11-2-3-12(16)10(6-11)8-21-14-5-9(7-17)1-4-13(14)18(19)20/h1-6H,7-8,17H2. The van der Waals surface area contributed by atoms with Crippen molar-refractivity contribution in [1.29, 1.82) is 0 Å². The van der Waals surface area contributed by atoms with Gasteiger partial charge in [0.25, 0.3) is 0 Å². The Bertz CT molecular complexity index is 677. The van der Waals surface area contributed by atoms with Crippen LogP contribution in [0.2, 0.25) is 10.0 Å². The van der Waals surface area contributed by atoms with Crippen molar-refractivity contribution < 1.29 is 9.66 Å². The van der Waals surface area contributed by atoms with Crippen LogP contribution in [-0.4, -0.2) is 4.92 Å². The average molecular weight is 327 g/mol. The molecule has 2 aromatic rings. The van der Waals surface area contributed by atoms with Gasteiger partial charge in [-0.2, -0.15) is 0 Å². The number of nitrogens with zero attached hydrogens (tertiary/aromatic N) is 1. The first kappa shape index (κ1) is 15.6. The monoisotopic (exact) mass is 326 g/mol. The van der Waals surface area contributed by atoms with Gasteiger partial charge in [0.05, 0.1) is 4.92 Å². The molecule has 0 aromatic heterocycles. The number of hydrogen-bond donors (Lipinski definition) is 1. The summed E-state index contributed by atoms with van der Waals surface area (Å²) in [6, 6.07) is 9.48. The van der Waals surface area contributed by atoms with Gasteiger partial charge in [-0.15, -0.1) is 0 Å². The molecule has 5 nitrogen and oxygen atoms in total. The molecule has 0 aliphatic rings. The zero-order valence-corrected chi connectivity index (χ0v) is 12.4. The second-order valence-electron chi connectivity index (χ2n) is 4.29. The van der Waals surface area contributed by atoms with E-state index in [4.69, 9.17) is 33.7 Å². The minimum Gasteiger partial charge on any atom is -0.482 e. The van der Waals surface area contributed by atoms with Crippen LogP contribution in [0.3, 0.4) is 0 Å². The average Bonchev–Trinajstić information content (AvgIpc) is 2.47. The number of nitro benzene ring substituents is 1. The fourth-order valence-corrected chi connectivity index (χ4v) is 2.13. The molecule has 0 heterocycles. The van der Waals surface area contributed by atoms with E-state index >= 15 is 0 Å². The van der Waals surface area contributed by atoms with Crippen molar-refractivity contribution in [3.05, 3.63) is 67.7 Å².